The predicted molar refractivity (Wildman–Crippen MR) is 72.0 cm³/mol. The molecule has 0 radical (unpaired) electrons. The minimum absolute atomic E-state index is 0.590. The largest absolute Gasteiger partial charge is 0.398 e. The smallest absolute Gasteiger partial charge is 0.0645 e. The van der Waals surface area contributed by atoms with Crippen molar-refractivity contribution in [3.8, 4) is 0 Å². The van der Waals surface area contributed by atoms with Crippen LogP contribution in [0.2, 0.25) is 0 Å². The highest BCUT2D eigenvalue weighted by atomic mass is 16.5. The quantitative estimate of drug-likeness (QED) is 0.636. The van der Waals surface area contributed by atoms with Crippen LogP contribution in [-0.4, -0.2) is 17.8 Å². The molecule has 0 fully saturated rings. The molecule has 0 unspecified atom stereocenters. The Balaban J connectivity index is 2.02. The minimum Gasteiger partial charge on any atom is -0.398 e. The van der Waals surface area contributed by atoms with E-state index in [-0.39, 0.29) is 0 Å². The number of nitrogen functional groups attached to an aromatic ring is 1. The average molecular weight is 232 g/mol. The molecule has 1 heterocycles. The molecular formula is C14H20N2O. The zero-order chi connectivity index (χ0) is 12.3. The summed E-state index contributed by atoms with van der Waals surface area (Å²) in [6.45, 7) is 6.76. The van der Waals surface area contributed by atoms with Crippen LogP contribution in [-0.2, 0) is 11.3 Å². The number of nitrogens with zero attached hydrogens (tertiary/aromatic N) is 1. The first kappa shape index (κ1) is 12.0. The number of aromatic nitrogens is 1. The first-order valence-corrected chi connectivity index (χ1v) is 6.09. The highest BCUT2D eigenvalue weighted by molar-refractivity contribution is 5.91. The van der Waals surface area contributed by atoms with Crippen molar-refractivity contribution in [2.45, 2.75) is 20.4 Å². The fraction of sp³-hybridized carbons (Fsp3) is 0.429. The van der Waals surface area contributed by atoms with E-state index < -0.39 is 0 Å². The van der Waals surface area contributed by atoms with Crippen molar-refractivity contribution in [1.29, 1.82) is 0 Å². The summed E-state index contributed by atoms with van der Waals surface area (Å²) in [5, 5.41) is 1.12. The summed E-state index contributed by atoms with van der Waals surface area (Å²) in [6.07, 6.45) is 2.07. The zero-order valence-electron chi connectivity index (χ0n) is 10.5. The van der Waals surface area contributed by atoms with Gasteiger partial charge in [0.1, 0.15) is 0 Å². The lowest BCUT2D eigenvalue weighted by atomic mass is 10.2. The highest BCUT2D eigenvalue weighted by Crippen LogP contribution is 2.21. The van der Waals surface area contributed by atoms with Gasteiger partial charge in [0.2, 0.25) is 0 Å². The van der Waals surface area contributed by atoms with Gasteiger partial charge in [-0.1, -0.05) is 19.9 Å². The number of ether oxygens (including phenoxy) is 1. The first-order valence-electron chi connectivity index (χ1n) is 6.09. The SMILES string of the molecule is CC(C)COCCn1ccc2c(N)cccc21. The maximum atomic E-state index is 5.92. The third-order valence-corrected chi connectivity index (χ3v) is 2.78. The van der Waals surface area contributed by atoms with E-state index in [1.807, 2.05) is 12.1 Å². The molecule has 92 valence electrons. The minimum atomic E-state index is 0.590. The summed E-state index contributed by atoms with van der Waals surface area (Å²) in [7, 11) is 0. The van der Waals surface area contributed by atoms with E-state index in [0.29, 0.717) is 5.92 Å². The summed E-state index contributed by atoms with van der Waals surface area (Å²) < 4.78 is 7.78. The summed E-state index contributed by atoms with van der Waals surface area (Å²) in [5.41, 5.74) is 7.94. The lowest BCUT2D eigenvalue weighted by Crippen LogP contribution is -2.08. The van der Waals surface area contributed by atoms with Crippen molar-refractivity contribution < 1.29 is 4.74 Å². The molecule has 3 heteroatoms. The van der Waals surface area contributed by atoms with Gasteiger partial charge in [0, 0.05) is 30.4 Å². The number of rotatable bonds is 5. The fourth-order valence-electron chi connectivity index (χ4n) is 1.92. The van der Waals surface area contributed by atoms with Gasteiger partial charge in [-0.3, -0.25) is 0 Å². The molecule has 2 aromatic rings. The number of anilines is 1. The Morgan fingerprint density at radius 3 is 2.88 bits per heavy atom. The molecule has 3 nitrogen and oxygen atoms in total. The Kier molecular flexibility index (Phi) is 3.69. The number of hydrogen-bond donors (Lipinski definition) is 1. The maximum absolute atomic E-state index is 5.92. The zero-order valence-corrected chi connectivity index (χ0v) is 10.5. The Labute approximate surface area is 102 Å². The lowest BCUT2D eigenvalue weighted by molar-refractivity contribution is 0.104. The topological polar surface area (TPSA) is 40.2 Å². The Morgan fingerprint density at radius 2 is 2.12 bits per heavy atom. The molecule has 0 spiro atoms. The van der Waals surface area contributed by atoms with E-state index in [9.17, 15) is 0 Å². The molecular weight excluding hydrogens is 212 g/mol. The standard InChI is InChI=1S/C14H20N2O/c1-11(2)10-17-9-8-16-7-6-12-13(15)4-3-5-14(12)16/h3-7,11H,8-10,15H2,1-2H3. The van der Waals surface area contributed by atoms with Crippen molar-refractivity contribution >= 4 is 16.6 Å². The molecule has 17 heavy (non-hydrogen) atoms. The number of hydrogen-bond acceptors (Lipinski definition) is 2. The fourth-order valence-corrected chi connectivity index (χ4v) is 1.92. The second kappa shape index (κ2) is 5.23. The molecule has 0 atom stereocenters. The van der Waals surface area contributed by atoms with Gasteiger partial charge in [0.05, 0.1) is 12.1 Å². The monoisotopic (exact) mass is 232 g/mol. The van der Waals surface area contributed by atoms with Crippen molar-refractivity contribution in [3.05, 3.63) is 30.5 Å². The van der Waals surface area contributed by atoms with E-state index in [4.69, 9.17) is 10.5 Å². The average Bonchev–Trinajstić information content (AvgIpc) is 2.69. The van der Waals surface area contributed by atoms with Crippen LogP contribution in [0.3, 0.4) is 0 Å². The van der Waals surface area contributed by atoms with Gasteiger partial charge in [-0.15, -0.1) is 0 Å². The molecule has 0 aliphatic rings. The van der Waals surface area contributed by atoms with E-state index in [1.165, 1.54) is 5.52 Å². The molecule has 2 N–H and O–H groups in total. The summed E-state index contributed by atoms with van der Waals surface area (Å²) in [6, 6.07) is 8.08. The van der Waals surface area contributed by atoms with Crippen LogP contribution in [0.1, 0.15) is 13.8 Å². The van der Waals surface area contributed by atoms with E-state index in [0.717, 1.165) is 30.8 Å². The normalized spacial score (nSPS) is 11.5. The van der Waals surface area contributed by atoms with Gasteiger partial charge < -0.3 is 15.0 Å². The third kappa shape index (κ3) is 2.80. The second-order valence-corrected chi connectivity index (χ2v) is 4.76. The van der Waals surface area contributed by atoms with E-state index in [1.54, 1.807) is 0 Å². The summed E-state index contributed by atoms with van der Waals surface area (Å²) in [5.74, 6) is 0.590. The molecule has 0 saturated carbocycles. The van der Waals surface area contributed by atoms with Gasteiger partial charge in [-0.25, -0.2) is 0 Å². The molecule has 1 aromatic carbocycles. The van der Waals surface area contributed by atoms with Crippen molar-refractivity contribution in [2.75, 3.05) is 18.9 Å². The molecule has 0 aliphatic heterocycles. The van der Waals surface area contributed by atoms with Crippen molar-refractivity contribution in [3.63, 3.8) is 0 Å². The van der Waals surface area contributed by atoms with Crippen LogP contribution in [0.15, 0.2) is 30.5 Å². The molecule has 1 aromatic heterocycles. The Bertz CT molecular complexity index is 488. The molecule has 0 amide bonds. The van der Waals surface area contributed by atoms with Crippen LogP contribution in [0.25, 0.3) is 10.9 Å². The van der Waals surface area contributed by atoms with Gasteiger partial charge in [0.25, 0.3) is 0 Å². The van der Waals surface area contributed by atoms with Crippen LogP contribution >= 0.6 is 0 Å². The van der Waals surface area contributed by atoms with Crippen LogP contribution in [0.5, 0.6) is 0 Å². The Morgan fingerprint density at radius 1 is 1.29 bits per heavy atom. The lowest BCUT2D eigenvalue weighted by Gasteiger charge is -2.08. The molecule has 0 bridgehead atoms. The summed E-state index contributed by atoms with van der Waals surface area (Å²) in [4.78, 5) is 0. The van der Waals surface area contributed by atoms with E-state index in [2.05, 4.69) is 36.7 Å². The van der Waals surface area contributed by atoms with Gasteiger partial charge in [-0.2, -0.15) is 0 Å². The number of benzene rings is 1. The summed E-state index contributed by atoms with van der Waals surface area (Å²) >= 11 is 0. The van der Waals surface area contributed by atoms with Crippen LogP contribution in [0, 0.1) is 5.92 Å². The molecule has 0 saturated heterocycles. The van der Waals surface area contributed by atoms with Gasteiger partial charge in [-0.05, 0) is 24.1 Å². The third-order valence-electron chi connectivity index (χ3n) is 2.78. The van der Waals surface area contributed by atoms with Gasteiger partial charge in [0.15, 0.2) is 0 Å². The van der Waals surface area contributed by atoms with E-state index >= 15 is 0 Å². The van der Waals surface area contributed by atoms with Crippen LogP contribution in [0.4, 0.5) is 5.69 Å². The van der Waals surface area contributed by atoms with Crippen molar-refractivity contribution in [1.82, 2.24) is 4.57 Å². The number of nitrogens with two attached hydrogens (primary N) is 1. The van der Waals surface area contributed by atoms with Gasteiger partial charge >= 0.3 is 0 Å². The predicted octanol–water partition coefficient (Wildman–Crippen LogP) is 2.90. The van der Waals surface area contributed by atoms with Crippen molar-refractivity contribution in [2.24, 2.45) is 5.92 Å². The first-order chi connectivity index (χ1) is 8.18. The van der Waals surface area contributed by atoms with Crippen LogP contribution < -0.4 is 5.73 Å². The molecule has 2 rings (SSSR count). The Hall–Kier alpha value is -1.48. The highest BCUT2D eigenvalue weighted by Gasteiger charge is 2.03. The number of fused-ring (bicyclic) bond motifs is 1. The molecule has 0 aliphatic carbocycles. The second-order valence-electron chi connectivity index (χ2n) is 4.76. The maximum Gasteiger partial charge on any atom is 0.0645 e.